The molecule has 1 aromatic rings. The Morgan fingerprint density at radius 2 is 1.82 bits per heavy atom. The molecule has 0 unspecified atom stereocenters. The third-order valence-electron chi connectivity index (χ3n) is 2.81. The van der Waals surface area contributed by atoms with Crippen LogP contribution >= 0.6 is 0 Å². The first-order chi connectivity index (χ1) is 10.1. The van der Waals surface area contributed by atoms with E-state index in [1.54, 1.807) is 6.08 Å². The Morgan fingerprint density at radius 3 is 2.36 bits per heavy atom. The summed E-state index contributed by atoms with van der Waals surface area (Å²) >= 11 is 0. The van der Waals surface area contributed by atoms with E-state index < -0.39 is 17.6 Å². The number of hydrogen-bond donors (Lipinski definition) is 0. The van der Waals surface area contributed by atoms with Gasteiger partial charge in [0, 0.05) is 26.2 Å². The second kappa shape index (κ2) is 7.40. The third kappa shape index (κ3) is 5.85. The SMILES string of the molecule is CN(C)C/C=C/C(=O)N(C)Cc1cc(F)cc(C(F)(F)F)c1. The molecule has 0 saturated heterocycles. The molecule has 0 aromatic heterocycles. The molecular formula is C15H18F4N2O. The molecule has 1 amide bonds. The average molecular weight is 318 g/mol. The molecule has 1 aromatic carbocycles. The van der Waals surface area contributed by atoms with E-state index in [0.29, 0.717) is 12.6 Å². The Labute approximate surface area is 126 Å². The lowest BCUT2D eigenvalue weighted by Crippen LogP contribution is -2.25. The highest BCUT2D eigenvalue weighted by Crippen LogP contribution is 2.30. The molecule has 0 atom stereocenters. The molecule has 0 heterocycles. The van der Waals surface area contributed by atoms with Crippen LogP contribution in [0.4, 0.5) is 17.6 Å². The second-order valence-electron chi connectivity index (χ2n) is 5.20. The summed E-state index contributed by atoms with van der Waals surface area (Å²) in [5.74, 6) is -1.34. The standard InChI is InChI=1S/C15H18F4N2O/c1-20(2)6-4-5-14(22)21(3)10-11-7-12(15(17,18)19)9-13(16)8-11/h4-5,7-9H,6,10H2,1-3H3/b5-4+. The van der Waals surface area contributed by atoms with Crippen molar-refractivity contribution in [2.75, 3.05) is 27.7 Å². The maximum Gasteiger partial charge on any atom is 0.416 e. The van der Waals surface area contributed by atoms with Gasteiger partial charge in [0.1, 0.15) is 5.82 Å². The fourth-order valence-corrected chi connectivity index (χ4v) is 1.75. The first kappa shape index (κ1) is 18.2. The molecule has 7 heteroatoms. The van der Waals surface area contributed by atoms with Crippen molar-refractivity contribution < 1.29 is 22.4 Å². The highest BCUT2D eigenvalue weighted by molar-refractivity contribution is 5.87. The molecule has 0 radical (unpaired) electrons. The van der Waals surface area contributed by atoms with Gasteiger partial charge in [-0.1, -0.05) is 6.08 Å². The molecule has 122 valence electrons. The van der Waals surface area contributed by atoms with Crippen LogP contribution in [0.1, 0.15) is 11.1 Å². The van der Waals surface area contributed by atoms with E-state index in [1.165, 1.54) is 18.0 Å². The predicted molar refractivity (Wildman–Crippen MR) is 75.6 cm³/mol. The third-order valence-corrected chi connectivity index (χ3v) is 2.81. The van der Waals surface area contributed by atoms with Gasteiger partial charge in [0.25, 0.3) is 0 Å². The van der Waals surface area contributed by atoms with Crippen LogP contribution in [0.25, 0.3) is 0 Å². The van der Waals surface area contributed by atoms with Crippen molar-refractivity contribution in [2.24, 2.45) is 0 Å². The number of hydrogen-bond acceptors (Lipinski definition) is 2. The minimum atomic E-state index is -4.62. The van der Waals surface area contributed by atoms with Gasteiger partial charge in [-0.25, -0.2) is 4.39 Å². The molecule has 0 aliphatic heterocycles. The topological polar surface area (TPSA) is 23.6 Å². The van der Waals surface area contributed by atoms with Crippen LogP contribution < -0.4 is 0 Å². The zero-order valence-electron chi connectivity index (χ0n) is 12.6. The summed E-state index contributed by atoms with van der Waals surface area (Å²) in [6.07, 6.45) is -1.64. The molecule has 0 spiro atoms. The second-order valence-corrected chi connectivity index (χ2v) is 5.20. The average Bonchev–Trinajstić information content (AvgIpc) is 2.36. The minimum Gasteiger partial charge on any atom is -0.338 e. The number of benzene rings is 1. The van der Waals surface area contributed by atoms with Gasteiger partial charge in [-0.15, -0.1) is 0 Å². The van der Waals surface area contributed by atoms with Crippen molar-refractivity contribution in [3.8, 4) is 0 Å². The molecule has 1 rings (SSSR count). The van der Waals surface area contributed by atoms with Gasteiger partial charge in [-0.2, -0.15) is 13.2 Å². The Bertz CT molecular complexity index is 553. The lowest BCUT2D eigenvalue weighted by Gasteiger charge is -2.17. The van der Waals surface area contributed by atoms with E-state index in [2.05, 4.69) is 0 Å². The molecule has 0 aliphatic carbocycles. The van der Waals surface area contributed by atoms with E-state index in [4.69, 9.17) is 0 Å². The van der Waals surface area contributed by atoms with Gasteiger partial charge in [0.05, 0.1) is 5.56 Å². The van der Waals surface area contributed by atoms with Crippen molar-refractivity contribution in [2.45, 2.75) is 12.7 Å². The van der Waals surface area contributed by atoms with E-state index in [-0.39, 0.29) is 18.0 Å². The van der Waals surface area contributed by atoms with Crippen LogP contribution in [0.5, 0.6) is 0 Å². The summed E-state index contributed by atoms with van der Waals surface area (Å²) in [5, 5.41) is 0. The van der Waals surface area contributed by atoms with Crippen molar-refractivity contribution in [3.05, 3.63) is 47.3 Å². The first-order valence-electron chi connectivity index (χ1n) is 6.52. The highest BCUT2D eigenvalue weighted by Gasteiger charge is 2.31. The zero-order valence-corrected chi connectivity index (χ0v) is 12.6. The Morgan fingerprint density at radius 1 is 1.18 bits per heavy atom. The molecule has 0 bridgehead atoms. The lowest BCUT2D eigenvalue weighted by molar-refractivity contribution is -0.137. The van der Waals surface area contributed by atoms with Crippen LogP contribution in [-0.2, 0) is 17.5 Å². The molecular weight excluding hydrogens is 300 g/mol. The predicted octanol–water partition coefficient (Wildman–Crippen LogP) is 2.92. The van der Waals surface area contributed by atoms with Crippen LogP contribution in [0.15, 0.2) is 30.4 Å². The number of alkyl halides is 3. The molecule has 0 N–H and O–H groups in total. The largest absolute Gasteiger partial charge is 0.416 e. The number of carbonyl (C=O) groups excluding carboxylic acids is 1. The van der Waals surface area contributed by atoms with E-state index in [1.807, 2.05) is 19.0 Å². The van der Waals surface area contributed by atoms with Gasteiger partial charge in [0.2, 0.25) is 5.91 Å². The maximum atomic E-state index is 13.3. The minimum absolute atomic E-state index is 0.0872. The fourth-order valence-electron chi connectivity index (χ4n) is 1.75. The monoisotopic (exact) mass is 318 g/mol. The van der Waals surface area contributed by atoms with Crippen molar-refractivity contribution in [1.29, 1.82) is 0 Å². The highest BCUT2D eigenvalue weighted by atomic mass is 19.4. The number of nitrogens with zero attached hydrogens (tertiary/aromatic N) is 2. The fraction of sp³-hybridized carbons (Fsp3) is 0.400. The van der Waals surface area contributed by atoms with Crippen LogP contribution in [0.2, 0.25) is 0 Å². The van der Waals surface area contributed by atoms with Crippen LogP contribution in [0.3, 0.4) is 0 Å². The van der Waals surface area contributed by atoms with Gasteiger partial charge in [-0.05, 0) is 37.9 Å². The number of rotatable bonds is 5. The Balaban J connectivity index is 2.80. The molecule has 22 heavy (non-hydrogen) atoms. The normalized spacial score (nSPS) is 12.2. The quantitative estimate of drug-likeness (QED) is 0.616. The summed E-state index contributed by atoms with van der Waals surface area (Å²) in [5.41, 5.74) is -0.976. The Kier molecular flexibility index (Phi) is 6.11. The smallest absolute Gasteiger partial charge is 0.338 e. The van der Waals surface area contributed by atoms with E-state index >= 15 is 0 Å². The maximum absolute atomic E-state index is 13.3. The summed E-state index contributed by atoms with van der Waals surface area (Å²) in [6.45, 7) is 0.462. The van der Waals surface area contributed by atoms with Crippen molar-refractivity contribution in [1.82, 2.24) is 9.80 Å². The molecule has 0 aliphatic rings. The summed E-state index contributed by atoms with van der Waals surface area (Å²) in [4.78, 5) is 14.9. The van der Waals surface area contributed by atoms with E-state index in [0.717, 1.165) is 12.1 Å². The molecule has 0 saturated carbocycles. The summed E-state index contributed by atoms with van der Waals surface area (Å²) in [7, 11) is 5.12. The van der Waals surface area contributed by atoms with Gasteiger partial charge >= 0.3 is 6.18 Å². The van der Waals surface area contributed by atoms with Crippen molar-refractivity contribution in [3.63, 3.8) is 0 Å². The first-order valence-corrected chi connectivity index (χ1v) is 6.52. The van der Waals surface area contributed by atoms with Crippen LogP contribution in [0, 0.1) is 5.82 Å². The van der Waals surface area contributed by atoms with Crippen molar-refractivity contribution >= 4 is 5.91 Å². The van der Waals surface area contributed by atoms with E-state index in [9.17, 15) is 22.4 Å². The van der Waals surface area contributed by atoms with Gasteiger partial charge in [-0.3, -0.25) is 4.79 Å². The number of amides is 1. The van der Waals surface area contributed by atoms with Crippen LogP contribution in [-0.4, -0.2) is 43.4 Å². The number of likely N-dealkylation sites (N-methyl/N-ethyl adjacent to an activating group) is 2. The zero-order chi connectivity index (χ0) is 16.9. The lowest BCUT2D eigenvalue weighted by atomic mass is 10.1. The number of halogens is 4. The summed E-state index contributed by atoms with van der Waals surface area (Å²) < 4.78 is 51.1. The molecule has 0 fully saturated rings. The molecule has 3 nitrogen and oxygen atoms in total. The summed E-state index contributed by atoms with van der Waals surface area (Å²) in [6, 6.07) is 2.27. The van der Waals surface area contributed by atoms with Gasteiger partial charge in [0.15, 0.2) is 0 Å². The van der Waals surface area contributed by atoms with Gasteiger partial charge < -0.3 is 9.80 Å². The number of carbonyl (C=O) groups is 1. The Hall–Kier alpha value is -1.89.